The highest BCUT2D eigenvalue weighted by Gasteiger charge is 2.28. The van der Waals surface area contributed by atoms with Gasteiger partial charge in [0.25, 0.3) is 5.91 Å². The fourth-order valence-corrected chi connectivity index (χ4v) is 6.34. The summed E-state index contributed by atoms with van der Waals surface area (Å²) in [6, 6.07) is 6.67. The van der Waals surface area contributed by atoms with Crippen LogP contribution in [-0.4, -0.2) is 46.9 Å². The van der Waals surface area contributed by atoms with Crippen molar-refractivity contribution in [2.24, 2.45) is 0 Å². The van der Waals surface area contributed by atoms with Gasteiger partial charge in [-0.2, -0.15) is 0 Å². The molecule has 2 aromatic heterocycles. The Kier molecular flexibility index (Phi) is 8.60. The number of anilines is 2. The first kappa shape index (κ1) is 25.4. The fourth-order valence-electron chi connectivity index (χ4n) is 3.36. The van der Waals surface area contributed by atoms with Gasteiger partial charge in [-0.3, -0.25) is 14.9 Å². The Morgan fingerprint density at radius 3 is 2.66 bits per heavy atom. The van der Waals surface area contributed by atoms with Gasteiger partial charge in [-0.25, -0.2) is 4.79 Å². The number of aromatic nitrogens is 2. The maximum Gasteiger partial charge on any atom is 0.341 e. The van der Waals surface area contributed by atoms with Crippen molar-refractivity contribution in [3.05, 3.63) is 45.3 Å². The summed E-state index contributed by atoms with van der Waals surface area (Å²) in [7, 11) is 0. The second-order valence-corrected chi connectivity index (χ2v) is 11.0. The lowest BCUT2D eigenvalue weighted by Crippen LogP contribution is -2.20. The zero-order valence-electron chi connectivity index (χ0n) is 18.6. The van der Waals surface area contributed by atoms with Crippen molar-refractivity contribution in [2.45, 2.75) is 30.5 Å². The zero-order chi connectivity index (χ0) is 24.8. The van der Waals surface area contributed by atoms with E-state index in [9.17, 15) is 14.4 Å². The Labute approximate surface area is 218 Å². The summed E-state index contributed by atoms with van der Waals surface area (Å²) in [4.78, 5) is 38.2. The maximum atomic E-state index is 12.6. The van der Waals surface area contributed by atoms with E-state index in [0.717, 1.165) is 41.0 Å². The van der Waals surface area contributed by atoms with Crippen LogP contribution in [0.1, 0.15) is 34.1 Å². The van der Waals surface area contributed by atoms with E-state index in [1.807, 2.05) is 0 Å². The van der Waals surface area contributed by atoms with E-state index >= 15 is 0 Å². The van der Waals surface area contributed by atoms with E-state index in [2.05, 4.69) is 20.8 Å². The Morgan fingerprint density at radius 2 is 1.89 bits per heavy atom. The molecule has 9 nitrogen and oxygen atoms in total. The van der Waals surface area contributed by atoms with Crippen LogP contribution in [0.3, 0.4) is 0 Å². The van der Waals surface area contributed by atoms with E-state index in [-0.39, 0.29) is 30.8 Å². The van der Waals surface area contributed by atoms with Gasteiger partial charge in [0.05, 0.1) is 17.9 Å². The van der Waals surface area contributed by atoms with Crippen molar-refractivity contribution >= 4 is 74.0 Å². The lowest BCUT2D eigenvalue weighted by molar-refractivity contribution is -0.118. The van der Waals surface area contributed by atoms with E-state index in [4.69, 9.17) is 21.1 Å². The van der Waals surface area contributed by atoms with Crippen LogP contribution < -0.4 is 15.4 Å². The van der Waals surface area contributed by atoms with Crippen LogP contribution >= 0.6 is 46.0 Å². The van der Waals surface area contributed by atoms with Crippen LogP contribution in [0.15, 0.2) is 28.6 Å². The molecule has 0 bridgehead atoms. The number of ether oxygens (including phenoxy) is 2. The molecule has 0 saturated carbocycles. The number of carbonyl (C=O) groups is 3. The molecular formula is C22H21ClN4O5S3. The Morgan fingerprint density at radius 1 is 1.09 bits per heavy atom. The number of aryl methyl sites for hydroxylation is 1. The molecule has 2 heterocycles. The van der Waals surface area contributed by atoms with E-state index in [1.54, 1.807) is 31.2 Å². The van der Waals surface area contributed by atoms with Gasteiger partial charge in [0.15, 0.2) is 10.9 Å². The molecule has 0 fully saturated rings. The van der Waals surface area contributed by atoms with Gasteiger partial charge >= 0.3 is 5.97 Å². The minimum absolute atomic E-state index is 0.0765. The van der Waals surface area contributed by atoms with Crippen LogP contribution in [-0.2, 0) is 27.2 Å². The minimum atomic E-state index is -0.403. The van der Waals surface area contributed by atoms with Crippen LogP contribution in [0.4, 0.5) is 10.1 Å². The quantitative estimate of drug-likeness (QED) is 0.211. The summed E-state index contributed by atoms with van der Waals surface area (Å²) in [5.74, 6) is -0.460. The SMILES string of the molecule is CCOC(=O)c1c(NC(=O)CSc2nnc(NC(=O)COc3ccc(Cl)cc3)s2)sc2c1CCC2. The Balaban J connectivity index is 1.27. The number of halogens is 1. The lowest BCUT2D eigenvalue weighted by atomic mass is 10.1. The van der Waals surface area contributed by atoms with E-state index in [1.165, 1.54) is 23.1 Å². The van der Waals surface area contributed by atoms with Gasteiger partial charge in [0.2, 0.25) is 11.0 Å². The molecule has 0 spiro atoms. The number of nitrogens with one attached hydrogen (secondary N) is 2. The molecule has 3 aromatic rings. The monoisotopic (exact) mass is 552 g/mol. The molecule has 2 amide bonds. The molecule has 1 aliphatic carbocycles. The number of benzene rings is 1. The number of thiophene rings is 1. The summed E-state index contributed by atoms with van der Waals surface area (Å²) >= 11 is 9.60. The molecule has 1 aliphatic rings. The zero-order valence-corrected chi connectivity index (χ0v) is 21.8. The highest BCUT2D eigenvalue weighted by atomic mass is 35.5. The number of fused-ring (bicyclic) bond motifs is 1. The molecule has 13 heteroatoms. The number of esters is 1. The van der Waals surface area contributed by atoms with Gasteiger partial charge in [0, 0.05) is 9.90 Å². The molecule has 1 aromatic carbocycles. The third kappa shape index (κ3) is 6.72. The number of thioether (sulfide) groups is 1. The minimum Gasteiger partial charge on any atom is -0.484 e. The lowest BCUT2D eigenvalue weighted by Gasteiger charge is -2.07. The van der Waals surface area contributed by atoms with Gasteiger partial charge in [-0.05, 0) is 56.0 Å². The van der Waals surface area contributed by atoms with E-state index in [0.29, 0.717) is 30.8 Å². The highest BCUT2D eigenvalue weighted by molar-refractivity contribution is 8.01. The molecule has 35 heavy (non-hydrogen) atoms. The number of rotatable bonds is 10. The largest absolute Gasteiger partial charge is 0.484 e. The smallest absolute Gasteiger partial charge is 0.341 e. The first-order valence-electron chi connectivity index (χ1n) is 10.7. The molecule has 0 radical (unpaired) electrons. The maximum absolute atomic E-state index is 12.6. The van der Waals surface area contributed by atoms with Crippen molar-refractivity contribution in [3.8, 4) is 5.75 Å². The van der Waals surface area contributed by atoms with Crippen molar-refractivity contribution in [1.29, 1.82) is 0 Å². The second kappa shape index (κ2) is 11.8. The number of hydrogen-bond donors (Lipinski definition) is 2. The molecular weight excluding hydrogens is 532 g/mol. The fraction of sp³-hybridized carbons (Fsp3) is 0.318. The van der Waals surface area contributed by atoms with Gasteiger partial charge in [0.1, 0.15) is 10.8 Å². The Hall–Kier alpha value is -2.67. The van der Waals surface area contributed by atoms with Crippen LogP contribution in [0.25, 0.3) is 0 Å². The third-order valence-corrected chi connectivity index (χ3v) is 8.25. The molecule has 184 valence electrons. The summed E-state index contributed by atoms with van der Waals surface area (Å²) < 4.78 is 11.1. The van der Waals surface area contributed by atoms with Gasteiger partial charge in [-0.1, -0.05) is 34.7 Å². The predicted octanol–water partition coefficient (Wildman–Crippen LogP) is 4.67. The average molecular weight is 553 g/mol. The standard InChI is InChI=1S/C22H21ClN4O5S3/c1-2-31-20(30)18-14-4-3-5-15(14)34-19(18)24-17(29)11-33-22-27-26-21(35-22)25-16(28)10-32-13-8-6-12(23)7-9-13/h6-9H,2-5,10-11H2,1H3,(H,24,29)(H,25,26,28). The molecule has 0 atom stereocenters. The highest BCUT2D eigenvalue weighted by Crippen LogP contribution is 2.39. The number of nitrogens with zero attached hydrogens (tertiary/aromatic N) is 2. The molecule has 2 N–H and O–H groups in total. The molecule has 0 saturated heterocycles. The van der Waals surface area contributed by atoms with Gasteiger partial charge in [-0.15, -0.1) is 21.5 Å². The number of hydrogen-bond acceptors (Lipinski definition) is 10. The van der Waals surface area contributed by atoms with Crippen molar-refractivity contribution in [1.82, 2.24) is 10.2 Å². The third-order valence-electron chi connectivity index (χ3n) is 4.82. The topological polar surface area (TPSA) is 120 Å². The van der Waals surface area contributed by atoms with Crippen LogP contribution in [0.5, 0.6) is 5.75 Å². The number of amides is 2. The van der Waals surface area contributed by atoms with Crippen LogP contribution in [0, 0.1) is 0 Å². The predicted molar refractivity (Wildman–Crippen MR) is 137 cm³/mol. The summed E-state index contributed by atoms with van der Waals surface area (Å²) in [5.41, 5.74) is 1.46. The summed E-state index contributed by atoms with van der Waals surface area (Å²) in [5, 5.41) is 14.8. The Bertz CT molecular complexity index is 1230. The first-order chi connectivity index (χ1) is 16.9. The van der Waals surface area contributed by atoms with Crippen molar-refractivity contribution in [2.75, 3.05) is 29.6 Å². The normalized spacial score (nSPS) is 12.2. The second-order valence-electron chi connectivity index (χ2n) is 7.28. The molecule has 0 aliphatic heterocycles. The summed E-state index contributed by atoms with van der Waals surface area (Å²) in [6.45, 7) is 1.83. The number of carbonyl (C=O) groups excluding carboxylic acids is 3. The van der Waals surface area contributed by atoms with E-state index < -0.39 is 5.97 Å². The van der Waals surface area contributed by atoms with Crippen molar-refractivity contribution < 1.29 is 23.9 Å². The van der Waals surface area contributed by atoms with Crippen molar-refractivity contribution in [3.63, 3.8) is 0 Å². The molecule has 4 rings (SSSR count). The average Bonchev–Trinajstić information content (AvgIpc) is 3.54. The van der Waals surface area contributed by atoms with Gasteiger partial charge < -0.3 is 14.8 Å². The summed E-state index contributed by atoms with van der Waals surface area (Å²) in [6.07, 6.45) is 2.72. The molecule has 0 unspecified atom stereocenters. The van der Waals surface area contributed by atoms with Crippen LogP contribution in [0.2, 0.25) is 5.02 Å². The first-order valence-corrected chi connectivity index (χ1v) is 13.7.